The van der Waals surface area contributed by atoms with E-state index in [1.165, 1.54) is 6.92 Å². The third-order valence-electron chi connectivity index (χ3n) is 5.43. The average molecular weight is 446 g/mol. The van der Waals surface area contributed by atoms with Crippen LogP contribution in [0.25, 0.3) is 0 Å². The van der Waals surface area contributed by atoms with Gasteiger partial charge in [-0.3, -0.25) is 9.59 Å². The summed E-state index contributed by atoms with van der Waals surface area (Å²) in [7, 11) is 0. The lowest BCUT2D eigenvalue weighted by atomic mass is 9.83. The molecule has 1 heterocycles. The second-order valence-corrected chi connectivity index (χ2v) is 8.21. The van der Waals surface area contributed by atoms with Crippen molar-refractivity contribution in [1.82, 2.24) is 5.32 Å². The van der Waals surface area contributed by atoms with Crippen LogP contribution in [-0.2, 0) is 28.5 Å². The number of carboxylic acids is 1. The Morgan fingerprint density at radius 1 is 0.968 bits per heavy atom. The van der Waals surface area contributed by atoms with Crippen molar-refractivity contribution in [3.8, 4) is 0 Å². The molecule has 0 aliphatic carbocycles. The summed E-state index contributed by atoms with van der Waals surface area (Å²) in [5.41, 5.74) is 0. The van der Waals surface area contributed by atoms with Crippen LogP contribution in [0.2, 0.25) is 0 Å². The molecular formula is C23H43NO7. The second kappa shape index (κ2) is 16.4. The summed E-state index contributed by atoms with van der Waals surface area (Å²) in [6.07, 6.45) is 4.65. The lowest BCUT2D eigenvalue weighted by Crippen LogP contribution is -2.62. The van der Waals surface area contributed by atoms with Gasteiger partial charge in [0, 0.05) is 39.1 Å². The SMILES string of the molecule is CCCCOCC1O[C@H](OCCCC)C(NC(C)=O)C(CCC(=O)O)[C@@H]1OCCCC. The lowest BCUT2D eigenvalue weighted by molar-refractivity contribution is -0.270. The van der Waals surface area contributed by atoms with Crippen LogP contribution in [0.4, 0.5) is 0 Å². The van der Waals surface area contributed by atoms with Crippen LogP contribution in [0.15, 0.2) is 0 Å². The van der Waals surface area contributed by atoms with E-state index in [-0.39, 0.29) is 30.5 Å². The molecule has 1 aliphatic heterocycles. The number of hydrogen-bond donors (Lipinski definition) is 2. The first kappa shape index (κ1) is 27.8. The van der Waals surface area contributed by atoms with E-state index >= 15 is 0 Å². The number of unbranched alkanes of at least 4 members (excludes halogenated alkanes) is 3. The number of ether oxygens (including phenoxy) is 4. The van der Waals surface area contributed by atoms with Crippen LogP contribution < -0.4 is 5.32 Å². The Bertz CT molecular complexity index is 502. The van der Waals surface area contributed by atoms with Gasteiger partial charge in [0.2, 0.25) is 5.91 Å². The average Bonchev–Trinajstić information content (AvgIpc) is 2.72. The number of carboxylic acid groups (broad SMARTS) is 1. The number of hydrogen-bond acceptors (Lipinski definition) is 6. The Morgan fingerprint density at radius 2 is 1.58 bits per heavy atom. The molecule has 1 saturated heterocycles. The van der Waals surface area contributed by atoms with Crippen molar-refractivity contribution in [3.05, 3.63) is 0 Å². The highest BCUT2D eigenvalue weighted by molar-refractivity contribution is 5.73. The minimum absolute atomic E-state index is 0.0144. The first-order valence-corrected chi connectivity index (χ1v) is 11.9. The molecule has 182 valence electrons. The number of nitrogens with one attached hydrogen (secondary N) is 1. The third kappa shape index (κ3) is 10.8. The summed E-state index contributed by atoms with van der Waals surface area (Å²) in [5, 5.41) is 12.3. The summed E-state index contributed by atoms with van der Waals surface area (Å²) in [5.74, 6) is -1.33. The topological polar surface area (TPSA) is 103 Å². The van der Waals surface area contributed by atoms with E-state index in [1.807, 2.05) is 0 Å². The zero-order valence-corrected chi connectivity index (χ0v) is 19.8. The van der Waals surface area contributed by atoms with Crippen molar-refractivity contribution >= 4 is 11.9 Å². The van der Waals surface area contributed by atoms with E-state index in [0.29, 0.717) is 32.8 Å². The van der Waals surface area contributed by atoms with Gasteiger partial charge in [-0.15, -0.1) is 0 Å². The van der Waals surface area contributed by atoms with Crippen molar-refractivity contribution in [2.24, 2.45) is 5.92 Å². The molecule has 2 N–H and O–H groups in total. The monoisotopic (exact) mass is 445 g/mol. The van der Waals surface area contributed by atoms with Crippen LogP contribution in [0.5, 0.6) is 0 Å². The van der Waals surface area contributed by atoms with Crippen LogP contribution in [0.3, 0.4) is 0 Å². The van der Waals surface area contributed by atoms with Crippen molar-refractivity contribution in [2.75, 3.05) is 26.4 Å². The molecule has 1 rings (SSSR count). The molecule has 3 unspecified atom stereocenters. The minimum Gasteiger partial charge on any atom is -0.481 e. The van der Waals surface area contributed by atoms with Crippen LogP contribution in [0.1, 0.15) is 79.1 Å². The molecule has 1 aliphatic rings. The minimum atomic E-state index is -0.875. The largest absolute Gasteiger partial charge is 0.481 e. The van der Waals surface area contributed by atoms with Gasteiger partial charge in [0.05, 0.1) is 18.8 Å². The molecule has 8 nitrogen and oxygen atoms in total. The number of amides is 1. The molecule has 1 amide bonds. The lowest BCUT2D eigenvalue weighted by Gasteiger charge is -2.46. The van der Waals surface area contributed by atoms with Crippen molar-refractivity contribution in [3.63, 3.8) is 0 Å². The van der Waals surface area contributed by atoms with Gasteiger partial charge in [-0.1, -0.05) is 40.0 Å². The molecular weight excluding hydrogens is 402 g/mol. The van der Waals surface area contributed by atoms with E-state index in [9.17, 15) is 14.7 Å². The van der Waals surface area contributed by atoms with Crippen LogP contribution in [-0.4, -0.2) is 68.0 Å². The Kier molecular flexibility index (Phi) is 14.7. The molecule has 8 heteroatoms. The number of carbonyl (C=O) groups is 2. The van der Waals surface area contributed by atoms with Crippen LogP contribution in [0, 0.1) is 5.92 Å². The van der Waals surface area contributed by atoms with E-state index in [0.717, 1.165) is 38.5 Å². The molecule has 0 aromatic heterocycles. The summed E-state index contributed by atoms with van der Waals surface area (Å²) >= 11 is 0. The van der Waals surface area contributed by atoms with E-state index < -0.39 is 18.3 Å². The molecule has 0 spiro atoms. The van der Waals surface area contributed by atoms with Crippen molar-refractivity contribution in [1.29, 1.82) is 0 Å². The van der Waals surface area contributed by atoms with Gasteiger partial charge in [-0.25, -0.2) is 0 Å². The summed E-state index contributed by atoms with van der Waals surface area (Å²) < 4.78 is 24.4. The fourth-order valence-electron chi connectivity index (χ4n) is 3.72. The summed E-state index contributed by atoms with van der Waals surface area (Å²) in [4.78, 5) is 23.3. The van der Waals surface area contributed by atoms with Gasteiger partial charge in [-0.2, -0.15) is 0 Å². The first-order chi connectivity index (χ1) is 14.9. The van der Waals surface area contributed by atoms with Gasteiger partial charge < -0.3 is 29.4 Å². The quantitative estimate of drug-likeness (QED) is 0.330. The Morgan fingerprint density at radius 3 is 2.16 bits per heavy atom. The highest BCUT2D eigenvalue weighted by Crippen LogP contribution is 2.33. The van der Waals surface area contributed by atoms with E-state index in [1.54, 1.807) is 0 Å². The fourth-order valence-corrected chi connectivity index (χ4v) is 3.72. The smallest absolute Gasteiger partial charge is 0.303 e. The number of aliphatic carboxylic acids is 1. The maximum absolute atomic E-state index is 12.0. The highest BCUT2D eigenvalue weighted by atomic mass is 16.7. The standard InChI is InChI=1S/C23H43NO7/c1-5-8-13-28-16-19-22(29-14-9-6-2)18(11-12-20(26)27)21(24-17(4)25)23(31-19)30-15-10-7-3/h18-19,21-23H,5-16H2,1-4H3,(H,24,25)(H,26,27)/t18?,19?,21?,22-,23-/m0/s1. The third-order valence-corrected chi connectivity index (χ3v) is 5.43. The van der Waals surface area contributed by atoms with Crippen molar-refractivity contribution < 1.29 is 33.6 Å². The summed E-state index contributed by atoms with van der Waals surface area (Å²) in [6.45, 7) is 9.76. The Hall–Kier alpha value is -1.22. The summed E-state index contributed by atoms with van der Waals surface area (Å²) in [6, 6.07) is -0.479. The van der Waals surface area contributed by atoms with Gasteiger partial charge in [0.25, 0.3) is 0 Å². The molecule has 0 aromatic carbocycles. The fraction of sp³-hybridized carbons (Fsp3) is 0.913. The Labute approximate surface area is 187 Å². The van der Waals surface area contributed by atoms with Gasteiger partial charge in [0.1, 0.15) is 6.10 Å². The van der Waals surface area contributed by atoms with Crippen molar-refractivity contribution in [2.45, 2.75) is 104 Å². The molecule has 31 heavy (non-hydrogen) atoms. The highest BCUT2D eigenvalue weighted by Gasteiger charge is 2.47. The molecule has 0 saturated carbocycles. The zero-order chi connectivity index (χ0) is 23.1. The zero-order valence-electron chi connectivity index (χ0n) is 19.8. The number of rotatable bonds is 17. The number of carbonyl (C=O) groups excluding carboxylic acids is 1. The van der Waals surface area contributed by atoms with E-state index in [4.69, 9.17) is 18.9 Å². The molecule has 0 aromatic rings. The molecule has 5 atom stereocenters. The molecule has 0 bridgehead atoms. The molecule has 1 fully saturated rings. The predicted molar refractivity (Wildman–Crippen MR) is 118 cm³/mol. The normalized spacial score (nSPS) is 26.0. The van der Waals surface area contributed by atoms with Gasteiger partial charge in [-0.05, 0) is 25.7 Å². The second-order valence-electron chi connectivity index (χ2n) is 8.21. The maximum atomic E-state index is 12.0. The first-order valence-electron chi connectivity index (χ1n) is 11.9. The molecule has 0 radical (unpaired) electrons. The predicted octanol–water partition coefficient (Wildman–Crippen LogP) is 3.52. The maximum Gasteiger partial charge on any atom is 0.303 e. The van der Waals surface area contributed by atoms with Gasteiger partial charge >= 0.3 is 5.97 Å². The van der Waals surface area contributed by atoms with Gasteiger partial charge in [0.15, 0.2) is 6.29 Å². The Balaban J connectivity index is 3.10. The van der Waals surface area contributed by atoms with Crippen LogP contribution >= 0.6 is 0 Å². The van der Waals surface area contributed by atoms with E-state index in [2.05, 4.69) is 26.1 Å².